The predicted molar refractivity (Wildman–Crippen MR) is 86.3 cm³/mol. The van der Waals surface area contributed by atoms with Gasteiger partial charge in [-0.05, 0) is 12.1 Å². The second-order valence-corrected chi connectivity index (χ2v) is 8.02. The van der Waals surface area contributed by atoms with E-state index >= 15 is 0 Å². The molecule has 0 spiro atoms. The summed E-state index contributed by atoms with van der Waals surface area (Å²) in [4.78, 5) is 18.5. The summed E-state index contributed by atoms with van der Waals surface area (Å²) in [6.07, 6.45) is 2.66. The SMILES string of the molecule is COc1ncccc1C(=O)N1C[C@H]2[C@@H](CNS(C)(=O)=O)CO[C@H]2C1. The number of nitrogens with zero attached hydrogens (tertiary/aromatic N) is 2. The van der Waals surface area contributed by atoms with Crippen LogP contribution in [0, 0.1) is 11.8 Å². The molecule has 2 aliphatic heterocycles. The van der Waals surface area contributed by atoms with Crippen LogP contribution in [0.3, 0.4) is 0 Å². The molecule has 2 saturated heterocycles. The molecule has 3 atom stereocenters. The van der Waals surface area contributed by atoms with Crippen molar-refractivity contribution in [3.05, 3.63) is 23.9 Å². The molecule has 0 bridgehead atoms. The number of fused-ring (bicyclic) bond motifs is 1. The Morgan fingerprint density at radius 1 is 1.50 bits per heavy atom. The largest absolute Gasteiger partial charge is 0.480 e. The highest BCUT2D eigenvalue weighted by Gasteiger charge is 2.45. The lowest BCUT2D eigenvalue weighted by Crippen LogP contribution is -2.35. The Morgan fingerprint density at radius 3 is 3.00 bits per heavy atom. The van der Waals surface area contributed by atoms with E-state index < -0.39 is 10.0 Å². The third-order valence-corrected chi connectivity index (χ3v) is 5.22. The molecule has 3 heterocycles. The van der Waals surface area contributed by atoms with Crippen molar-refractivity contribution in [3.63, 3.8) is 0 Å². The number of ether oxygens (including phenoxy) is 2. The van der Waals surface area contributed by atoms with Gasteiger partial charge in [0, 0.05) is 37.7 Å². The number of aromatic nitrogens is 1. The van der Waals surface area contributed by atoms with Crippen LogP contribution in [0.2, 0.25) is 0 Å². The van der Waals surface area contributed by atoms with Crippen molar-refractivity contribution in [1.29, 1.82) is 0 Å². The molecule has 8 nitrogen and oxygen atoms in total. The average Bonchev–Trinajstić information content (AvgIpc) is 3.12. The maximum atomic E-state index is 12.7. The number of hydrogen-bond acceptors (Lipinski definition) is 6. The maximum absolute atomic E-state index is 12.7. The van der Waals surface area contributed by atoms with Gasteiger partial charge in [0.1, 0.15) is 5.56 Å². The highest BCUT2D eigenvalue weighted by atomic mass is 32.2. The summed E-state index contributed by atoms with van der Waals surface area (Å²) in [5, 5.41) is 0. The predicted octanol–water partition coefficient (Wildman–Crippen LogP) is -0.274. The van der Waals surface area contributed by atoms with E-state index in [-0.39, 0.29) is 23.8 Å². The number of amides is 1. The Bertz CT molecular complexity index is 724. The first-order chi connectivity index (χ1) is 11.4. The molecule has 1 aromatic rings. The van der Waals surface area contributed by atoms with Gasteiger partial charge in [0.2, 0.25) is 15.9 Å². The van der Waals surface area contributed by atoms with Crippen LogP contribution in [0.15, 0.2) is 18.3 Å². The lowest BCUT2D eigenvalue weighted by molar-refractivity contribution is 0.0675. The Morgan fingerprint density at radius 2 is 2.29 bits per heavy atom. The second kappa shape index (κ2) is 6.66. The van der Waals surface area contributed by atoms with Crippen LogP contribution in [0.4, 0.5) is 0 Å². The summed E-state index contributed by atoms with van der Waals surface area (Å²) in [5.74, 6) is 0.354. The maximum Gasteiger partial charge on any atom is 0.259 e. The van der Waals surface area contributed by atoms with E-state index in [1.165, 1.54) is 7.11 Å². The smallest absolute Gasteiger partial charge is 0.259 e. The van der Waals surface area contributed by atoms with Crippen LogP contribution in [0.25, 0.3) is 0 Å². The third kappa shape index (κ3) is 3.52. The Kier molecular flexibility index (Phi) is 4.75. The standard InChI is InChI=1S/C15H21N3O5S/c1-22-14-11(4-3-5-16-14)15(19)18-7-12-10(6-17-24(2,20)21)9-23-13(12)8-18/h3-5,10,12-13,17H,6-9H2,1-2H3/t10-,12-,13-/m0/s1. The molecule has 24 heavy (non-hydrogen) atoms. The first-order valence-corrected chi connectivity index (χ1v) is 9.62. The van der Waals surface area contributed by atoms with E-state index in [9.17, 15) is 13.2 Å². The molecule has 1 amide bonds. The minimum atomic E-state index is -3.23. The molecule has 3 rings (SSSR count). The van der Waals surface area contributed by atoms with Crippen LogP contribution in [0.1, 0.15) is 10.4 Å². The van der Waals surface area contributed by atoms with Gasteiger partial charge in [0.25, 0.3) is 5.91 Å². The van der Waals surface area contributed by atoms with E-state index in [1.54, 1.807) is 23.2 Å². The molecule has 9 heteroatoms. The summed E-state index contributed by atoms with van der Waals surface area (Å²) < 4.78 is 36.0. The Balaban J connectivity index is 1.68. The molecule has 2 aliphatic rings. The number of sulfonamides is 1. The topological polar surface area (TPSA) is 97.8 Å². The monoisotopic (exact) mass is 355 g/mol. The normalized spacial score (nSPS) is 26.4. The molecular formula is C15H21N3O5S. The fourth-order valence-electron chi connectivity index (χ4n) is 3.32. The lowest BCUT2D eigenvalue weighted by Gasteiger charge is -2.20. The van der Waals surface area contributed by atoms with Crippen molar-refractivity contribution in [3.8, 4) is 5.88 Å². The minimum absolute atomic E-state index is 0.0528. The van der Waals surface area contributed by atoms with Gasteiger partial charge in [0.15, 0.2) is 0 Å². The summed E-state index contributed by atoms with van der Waals surface area (Å²) in [6, 6.07) is 3.38. The molecular weight excluding hydrogens is 334 g/mol. The van der Waals surface area contributed by atoms with Gasteiger partial charge >= 0.3 is 0 Å². The van der Waals surface area contributed by atoms with E-state index in [0.29, 0.717) is 37.7 Å². The van der Waals surface area contributed by atoms with Crippen molar-refractivity contribution in [1.82, 2.24) is 14.6 Å². The van der Waals surface area contributed by atoms with Crippen molar-refractivity contribution < 1.29 is 22.7 Å². The van der Waals surface area contributed by atoms with Crippen molar-refractivity contribution in [2.24, 2.45) is 11.8 Å². The van der Waals surface area contributed by atoms with E-state index in [2.05, 4.69) is 9.71 Å². The fourth-order valence-corrected chi connectivity index (χ4v) is 3.84. The van der Waals surface area contributed by atoms with Gasteiger partial charge in [-0.3, -0.25) is 4.79 Å². The Hall–Kier alpha value is -1.71. The van der Waals surface area contributed by atoms with Gasteiger partial charge in [0.05, 0.1) is 26.1 Å². The van der Waals surface area contributed by atoms with Gasteiger partial charge in [-0.25, -0.2) is 18.1 Å². The van der Waals surface area contributed by atoms with E-state index in [1.807, 2.05) is 0 Å². The fraction of sp³-hybridized carbons (Fsp3) is 0.600. The van der Waals surface area contributed by atoms with Crippen LogP contribution >= 0.6 is 0 Å². The number of hydrogen-bond donors (Lipinski definition) is 1. The summed E-state index contributed by atoms with van der Waals surface area (Å²) >= 11 is 0. The average molecular weight is 355 g/mol. The lowest BCUT2D eigenvalue weighted by atomic mass is 9.93. The zero-order chi connectivity index (χ0) is 17.3. The number of likely N-dealkylation sites (tertiary alicyclic amines) is 1. The highest BCUT2D eigenvalue weighted by molar-refractivity contribution is 7.88. The molecule has 0 saturated carbocycles. The summed E-state index contributed by atoms with van der Waals surface area (Å²) in [6.45, 7) is 1.88. The molecule has 0 aliphatic carbocycles. The van der Waals surface area contributed by atoms with Gasteiger partial charge in [-0.15, -0.1) is 0 Å². The zero-order valence-corrected chi connectivity index (χ0v) is 14.5. The second-order valence-electron chi connectivity index (χ2n) is 6.19. The molecule has 2 fully saturated rings. The summed E-state index contributed by atoms with van der Waals surface area (Å²) in [7, 11) is -1.75. The number of carbonyl (C=O) groups excluding carboxylic acids is 1. The van der Waals surface area contributed by atoms with Crippen molar-refractivity contribution >= 4 is 15.9 Å². The molecule has 132 valence electrons. The number of methoxy groups -OCH3 is 1. The van der Waals surface area contributed by atoms with Gasteiger partial charge < -0.3 is 14.4 Å². The number of carbonyl (C=O) groups is 1. The first-order valence-electron chi connectivity index (χ1n) is 7.73. The highest BCUT2D eigenvalue weighted by Crippen LogP contribution is 2.34. The summed E-state index contributed by atoms with van der Waals surface area (Å²) in [5.41, 5.74) is 0.422. The van der Waals surface area contributed by atoms with Crippen LogP contribution in [0.5, 0.6) is 5.88 Å². The number of nitrogens with one attached hydrogen (secondary N) is 1. The number of rotatable bonds is 5. The van der Waals surface area contributed by atoms with Crippen molar-refractivity contribution in [2.75, 3.05) is 39.6 Å². The molecule has 1 aromatic heterocycles. The van der Waals surface area contributed by atoms with Crippen LogP contribution < -0.4 is 9.46 Å². The first kappa shape index (κ1) is 17.1. The third-order valence-electron chi connectivity index (χ3n) is 4.53. The zero-order valence-electron chi connectivity index (χ0n) is 13.6. The van der Waals surface area contributed by atoms with Gasteiger partial charge in [-0.1, -0.05) is 0 Å². The van der Waals surface area contributed by atoms with Crippen LogP contribution in [-0.2, 0) is 14.8 Å². The van der Waals surface area contributed by atoms with Gasteiger partial charge in [-0.2, -0.15) is 0 Å². The number of pyridine rings is 1. The minimum Gasteiger partial charge on any atom is -0.480 e. The molecule has 0 radical (unpaired) electrons. The van der Waals surface area contributed by atoms with E-state index in [4.69, 9.17) is 9.47 Å². The van der Waals surface area contributed by atoms with Crippen molar-refractivity contribution in [2.45, 2.75) is 6.10 Å². The van der Waals surface area contributed by atoms with E-state index in [0.717, 1.165) is 6.26 Å². The Labute approximate surface area is 141 Å². The molecule has 1 N–H and O–H groups in total. The van der Waals surface area contributed by atoms with Crippen LogP contribution in [-0.4, -0.2) is 69.9 Å². The molecule has 0 unspecified atom stereocenters. The quantitative estimate of drug-likeness (QED) is 0.781. The molecule has 0 aromatic carbocycles.